The Kier molecular flexibility index (Phi) is 4.90. The van der Waals surface area contributed by atoms with Gasteiger partial charge in [0.15, 0.2) is 0 Å². The van der Waals surface area contributed by atoms with Crippen LogP contribution in [0.1, 0.15) is 49.0 Å². The van der Waals surface area contributed by atoms with Crippen molar-refractivity contribution in [2.75, 3.05) is 7.11 Å². The lowest BCUT2D eigenvalue weighted by molar-refractivity contribution is -0.137. The molecule has 0 atom stereocenters. The SMILES string of the molecule is C/C=C/C1CCC(c2cc3ccc(OC)c(C(F)(F)F)c3s2)CC1. The Morgan fingerprint density at radius 3 is 2.46 bits per heavy atom. The van der Waals surface area contributed by atoms with E-state index in [0.29, 0.717) is 21.9 Å². The number of fused-ring (bicyclic) bond motifs is 1. The summed E-state index contributed by atoms with van der Waals surface area (Å²) in [5.74, 6) is 0.891. The van der Waals surface area contributed by atoms with Gasteiger partial charge in [0.1, 0.15) is 11.3 Å². The van der Waals surface area contributed by atoms with Crippen molar-refractivity contribution in [2.24, 2.45) is 5.92 Å². The van der Waals surface area contributed by atoms with E-state index in [-0.39, 0.29) is 5.75 Å². The molecule has 2 aromatic rings. The highest BCUT2D eigenvalue weighted by molar-refractivity contribution is 7.19. The van der Waals surface area contributed by atoms with Crippen molar-refractivity contribution in [1.82, 2.24) is 0 Å². The van der Waals surface area contributed by atoms with Gasteiger partial charge in [-0.2, -0.15) is 13.2 Å². The third-order valence-corrected chi connectivity index (χ3v) is 6.14. The molecule has 1 heterocycles. The van der Waals surface area contributed by atoms with Crippen molar-refractivity contribution >= 4 is 21.4 Å². The highest BCUT2D eigenvalue weighted by atomic mass is 32.1. The Labute approximate surface area is 144 Å². The monoisotopic (exact) mass is 354 g/mol. The molecule has 0 spiro atoms. The molecule has 0 N–H and O–H groups in total. The van der Waals surface area contributed by atoms with Crippen LogP contribution in [0.15, 0.2) is 30.4 Å². The number of halogens is 3. The number of ether oxygens (including phenoxy) is 1. The maximum absolute atomic E-state index is 13.5. The topological polar surface area (TPSA) is 9.23 Å². The molecule has 3 rings (SSSR count). The predicted molar refractivity (Wildman–Crippen MR) is 92.9 cm³/mol. The van der Waals surface area contributed by atoms with Crippen molar-refractivity contribution in [3.63, 3.8) is 0 Å². The Morgan fingerprint density at radius 2 is 1.88 bits per heavy atom. The maximum Gasteiger partial charge on any atom is 0.421 e. The fraction of sp³-hybridized carbons (Fsp3) is 0.474. The van der Waals surface area contributed by atoms with Crippen molar-refractivity contribution in [3.8, 4) is 5.75 Å². The van der Waals surface area contributed by atoms with Gasteiger partial charge >= 0.3 is 6.18 Å². The van der Waals surface area contributed by atoms with Gasteiger partial charge < -0.3 is 4.74 Å². The Balaban J connectivity index is 1.95. The van der Waals surface area contributed by atoms with Crippen LogP contribution >= 0.6 is 11.3 Å². The van der Waals surface area contributed by atoms with Gasteiger partial charge in [-0.25, -0.2) is 0 Å². The second kappa shape index (κ2) is 6.79. The van der Waals surface area contributed by atoms with Crippen LogP contribution in [0.25, 0.3) is 10.1 Å². The minimum atomic E-state index is -4.41. The maximum atomic E-state index is 13.5. The molecule has 1 aromatic heterocycles. The van der Waals surface area contributed by atoms with Gasteiger partial charge in [-0.15, -0.1) is 11.3 Å². The van der Waals surface area contributed by atoms with Gasteiger partial charge in [-0.1, -0.05) is 12.2 Å². The first kappa shape index (κ1) is 17.3. The Hall–Kier alpha value is -1.49. The summed E-state index contributed by atoms with van der Waals surface area (Å²) in [6.45, 7) is 2.03. The van der Waals surface area contributed by atoms with Crippen LogP contribution in [-0.2, 0) is 6.18 Å². The van der Waals surface area contributed by atoms with E-state index in [0.717, 1.165) is 30.6 Å². The third-order valence-electron chi connectivity index (χ3n) is 4.81. The molecule has 1 nitrogen and oxygen atoms in total. The van der Waals surface area contributed by atoms with Gasteiger partial charge in [0.25, 0.3) is 0 Å². The number of rotatable bonds is 3. The number of thiophene rings is 1. The van der Waals surface area contributed by atoms with Gasteiger partial charge in [-0.05, 0) is 68.0 Å². The molecule has 130 valence electrons. The second-order valence-electron chi connectivity index (χ2n) is 6.35. The quantitative estimate of drug-likeness (QED) is 0.552. The summed E-state index contributed by atoms with van der Waals surface area (Å²) in [4.78, 5) is 1.07. The molecule has 0 aliphatic heterocycles. The third kappa shape index (κ3) is 3.32. The Morgan fingerprint density at radius 1 is 1.17 bits per heavy atom. The van der Waals surface area contributed by atoms with Gasteiger partial charge in [-0.3, -0.25) is 0 Å². The molecule has 0 radical (unpaired) electrons. The molecule has 0 saturated heterocycles. The van der Waals surface area contributed by atoms with Crippen LogP contribution in [0, 0.1) is 5.92 Å². The average Bonchev–Trinajstić information content (AvgIpc) is 2.97. The number of hydrogen-bond acceptors (Lipinski definition) is 2. The number of benzene rings is 1. The number of methoxy groups -OCH3 is 1. The predicted octanol–water partition coefficient (Wildman–Crippen LogP) is 6.78. The molecule has 1 saturated carbocycles. The molecule has 0 bridgehead atoms. The van der Waals surface area contributed by atoms with Gasteiger partial charge in [0.2, 0.25) is 0 Å². The molecule has 1 fully saturated rings. The lowest BCUT2D eigenvalue weighted by Crippen LogP contribution is -2.10. The summed E-state index contributed by atoms with van der Waals surface area (Å²) in [5.41, 5.74) is -0.638. The summed E-state index contributed by atoms with van der Waals surface area (Å²) in [5, 5.41) is 0.665. The number of hydrogen-bond donors (Lipinski definition) is 0. The van der Waals surface area contributed by atoms with Crippen LogP contribution in [-0.4, -0.2) is 7.11 Å². The lowest BCUT2D eigenvalue weighted by atomic mass is 9.81. The molecule has 1 aliphatic rings. The van der Waals surface area contributed by atoms with Crippen LogP contribution in [0.5, 0.6) is 5.75 Å². The van der Waals surface area contributed by atoms with E-state index < -0.39 is 11.7 Å². The van der Waals surface area contributed by atoms with Gasteiger partial charge in [0, 0.05) is 4.88 Å². The van der Waals surface area contributed by atoms with Crippen molar-refractivity contribution < 1.29 is 17.9 Å². The summed E-state index contributed by atoms with van der Waals surface area (Å²) in [6, 6.07) is 5.09. The summed E-state index contributed by atoms with van der Waals surface area (Å²) < 4.78 is 45.7. The first-order valence-corrected chi connectivity index (χ1v) is 9.06. The van der Waals surface area contributed by atoms with E-state index in [1.165, 1.54) is 24.5 Å². The molecule has 0 unspecified atom stereocenters. The van der Waals surface area contributed by atoms with Crippen LogP contribution in [0.2, 0.25) is 0 Å². The smallest absolute Gasteiger partial charge is 0.421 e. The molecule has 24 heavy (non-hydrogen) atoms. The zero-order valence-electron chi connectivity index (χ0n) is 13.8. The number of allylic oxidation sites excluding steroid dienone is 2. The molecule has 1 aliphatic carbocycles. The van der Waals surface area contributed by atoms with Crippen molar-refractivity contribution in [2.45, 2.75) is 44.7 Å². The van der Waals surface area contributed by atoms with Crippen LogP contribution in [0.4, 0.5) is 13.2 Å². The molecule has 5 heteroatoms. The zero-order chi connectivity index (χ0) is 17.3. The zero-order valence-corrected chi connectivity index (χ0v) is 14.6. The fourth-order valence-corrected chi connectivity index (χ4v) is 5.00. The molecular formula is C19H21F3OS. The first-order valence-electron chi connectivity index (χ1n) is 8.24. The fourth-order valence-electron chi connectivity index (χ4n) is 3.61. The number of alkyl halides is 3. The van der Waals surface area contributed by atoms with E-state index in [1.54, 1.807) is 6.07 Å². The Bertz CT molecular complexity index is 737. The largest absolute Gasteiger partial charge is 0.496 e. The van der Waals surface area contributed by atoms with Crippen molar-refractivity contribution in [3.05, 3.63) is 40.8 Å². The summed E-state index contributed by atoms with van der Waals surface area (Å²) in [6.07, 6.45) is 4.23. The van der Waals surface area contributed by atoms with Crippen molar-refractivity contribution in [1.29, 1.82) is 0 Å². The molecule has 0 amide bonds. The van der Waals surface area contributed by atoms with E-state index >= 15 is 0 Å². The highest BCUT2D eigenvalue weighted by Crippen LogP contribution is 2.47. The lowest BCUT2D eigenvalue weighted by Gasteiger charge is -2.25. The standard InChI is InChI=1S/C19H21F3OS/c1-3-4-12-5-7-13(8-6-12)16-11-14-9-10-15(23-2)17(18(14)24-16)19(20,21)22/h3-4,9-13H,5-8H2,1-2H3/b4-3+. The summed E-state index contributed by atoms with van der Waals surface area (Å²) in [7, 11) is 1.29. The van der Waals surface area contributed by atoms with Crippen LogP contribution in [0.3, 0.4) is 0 Å². The van der Waals surface area contributed by atoms with E-state index in [9.17, 15) is 13.2 Å². The summed E-state index contributed by atoms with van der Waals surface area (Å²) >= 11 is 1.28. The van der Waals surface area contributed by atoms with E-state index in [4.69, 9.17) is 4.74 Å². The van der Waals surface area contributed by atoms with Gasteiger partial charge in [0.05, 0.1) is 11.8 Å². The minimum Gasteiger partial charge on any atom is -0.496 e. The first-order chi connectivity index (χ1) is 11.4. The van der Waals surface area contributed by atoms with E-state index in [2.05, 4.69) is 12.2 Å². The van der Waals surface area contributed by atoms with E-state index in [1.807, 2.05) is 13.0 Å². The molecular weight excluding hydrogens is 333 g/mol. The highest BCUT2D eigenvalue weighted by Gasteiger charge is 2.37. The second-order valence-corrected chi connectivity index (χ2v) is 7.43. The average molecular weight is 354 g/mol. The molecule has 1 aromatic carbocycles. The minimum absolute atomic E-state index is 0.0970. The normalized spacial score (nSPS) is 22.4. The van der Waals surface area contributed by atoms with Crippen LogP contribution < -0.4 is 4.74 Å².